The molecule has 4 nitrogen and oxygen atoms in total. The van der Waals surface area contributed by atoms with E-state index < -0.39 is 8.07 Å². The van der Waals surface area contributed by atoms with Crippen molar-refractivity contribution in [1.29, 1.82) is 0 Å². The van der Waals surface area contributed by atoms with Gasteiger partial charge in [0.25, 0.3) is 0 Å². The lowest BCUT2D eigenvalue weighted by molar-refractivity contribution is 0.0602. The molecule has 0 saturated carbocycles. The number of hydrogen-bond acceptors (Lipinski definition) is 4. The van der Waals surface area contributed by atoms with E-state index in [0.29, 0.717) is 11.1 Å². The number of pyridine rings is 1. The minimum Gasteiger partial charge on any atom is -0.465 e. The van der Waals surface area contributed by atoms with Crippen LogP contribution in [0.1, 0.15) is 16.1 Å². The molecule has 1 aromatic carbocycles. The van der Waals surface area contributed by atoms with Crippen LogP contribution < -0.4 is 5.19 Å². The lowest BCUT2D eigenvalue weighted by atomic mass is 10.1. The molecule has 0 aliphatic rings. The van der Waals surface area contributed by atoms with Gasteiger partial charge in [-0.05, 0) is 24.2 Å². The van der Waals surface area contributed by atoms with Gasteiger partial charge >= 0.3 is 5.97 Å². The number of rotatable bonds is 2. The van der Waals surface area contributed by atoms with Crippen LogP contribution in [0.25, 0.3) is 21.9 Å². The number of fused-ring (bicyclic) bond motifs is 3. The van der Waals surface area contributed by atoms with E-state index in [2.05, 4.69) is 24.6 Å². The molecule has 0 atom stereocenters. The summed E-state index contributed by atoms with van der Waals surface area (Å²) >= 11 is 0. The Kier molecular flexibility index (Phi) is 3.32. The summed E-state index contributed by atoms with van der Waals surface area (Å²) in [6, 6.07) is 5.63. The number of hydrogen-bond donors (Lipinski definition) is 0. The van der Waals surface area contributed by atoms with Gasteiger partial charge < -0.3 is 9.15 Å². The molecule has 0 radical (unpaired) electrons. The van der Waals surface area contributed by atoms with Gasteiger partial charge in [0.15, 0.2) is 5.58 Å². The summed E-state index contributed by atoms with van der Waals surface area (Å²) in [6.07, 6.45) is 1.77. The number of nitrogens with zero attached hydrogens (tertiary/aromatic N) is 1. The number of esters is 1. The van der Waals surface area contributed by atoms with Crippen LogP contribution in [-0.2, 0) is 4.74 Å². The highest BCUT2D eigenvalue weighted by atomic mass is 28.3. The van der Waals surface area contributed by atoms with E-state index in [4.69, 9.17) is 9.15 Å². The first kappa shape index (κ1) is 14.8. The highest BCUT2D eigenvalue weighted by Crippen LogP contribution is 2.31. The largest absolute Gasteiger partial charge is 0.465 e. The standard InChI is InChI=1S/C17H19NO3Si/c1-10-16(22(3,4)5)13-14-11(7-6-8-18-14)9-12(15(13)21-10)17(19)20-2/h6-9H,1-5H3. The van der Waals surface area contributed by atoms with Gasteiger partial charge in [-0.15, -0.1) is 0 Å². The van der Waals surface area contributed by atoms with Crippen molar-refractivity contribution in [3.63, 3.8) is 0 Å². The van der Waals surface area contributed by atoms with Gasteiger partial charge in [0, 0.05) is 17.0 Å². The van der Waals surface area contributed by atoms with Crippen LogP contribution in [-0.4, -0.2) is 26.1 Å². The molecule has 0 aliphatic carbocycles. The molecular weight excluding hydrogens is 294 g/mol. The summed E-state index contributed by atoms with van der Waals surface area (Å²) in [5, 5.41) is 3.11. The quantitative estimate of drug-likeness (QED) is 0.535. The Bertz CT molecular complexity index is 890. The van der Waals surface area contributed by atoms with E-state index in [-0.39, 0.29) is 5.97 Å². The molecule has 0 aliphatic heterocycles. The summed E-state index contributed by atoms with van der Waals surface area (Å²) in [5.41, 5.74) is 1.94. The zero-order chi connectivity index (χ0) is 16.1. The second-order valence-corrected chi connectivity index (χ2v) is 11.5. The van der Waals surface area contributed by atoms with Crippen molar-refractivity contribution >= 4 is 41.1 Å². The zero-order valence-electron chi connectivity index (χ0n) is 13.5. The van der Waals surface area contributed by atoms with Crippen LogP contribution in [0.15, 0.2) is 28.8 Å². The summed E-state index contributed by atoms with van der Waals surface area (Å²) in [6.45, 7) is 8.76. The number of furan rings is 1. The van der Waals surface area contributed by atoms with Crippen molar-refractivity contribution in [2.75, 3.05) is 7.11 Å². The average Bonchev–Trinajstić information content (AvgIpc) is 2.82. The average molecular weight is 313 g/mol. The second-order valence-electron chi connectivity index (χ2n) is 6.48. The maximum atomic E-state index is 12.2. The van der Waals surface area contributed by atoms with Crippen molar-refractivity contribution in [3.05, 3.63) is 35.7 Å². The molecule has 3 rings (SSSR count). The first-order valence-electron chi connectivity index (χ1n) is 7.24. The molecule has 0 unspecified atom stereocenters. The van der Waals surface area contributed by atoms with Crippen molar-refractivity contribution in [2.45, 2.75) is 26.6 Å². The van der Waals surface area contributed by atoms with Gasteiger partial charge in [-0.25, -0.2) is 4.79 Å². The molecule has 0 bridgehead atoms. The van der Waals surface area contributed by atoms with Crippen LogP contribution in [0, 0.1) is 6.92 Å². The van der Waals surface area contributed by atoms with E-state index in [1.807, 2.05) is 19.1 Å². The van der Waals surface area contributed by atoms with Gasteiger partial charge in [-0.2, -0.15) is 0 Å². The van der Waals surface area contributed by atoms with E-state index in [1.165, 1.54) is 12.3 Å². The zero-order valence-corrected chi connectivity index (χ0v) is 14.5. The predicted molar refractivity (Wildman–Crippen MR) is 90.6 cm³/mol. The Hall–Kier alpha value is -2.14. The second kappa shape index (κ2) is 4.95. The lowest BCUT2D eigenvalue weighted by Crippen LogP contribution is -2.38. The molecule has 0 saturated heterocycles. The third-order valence-corrected chi connectivity index (χ3v) is 5.96. The maximum absolute atomic E-state index is 12.2. The molecule has 0 spiro atoms. The molecule has 2 aromatic heterocycles. The monoisotopic (exact) mass is 313 g/mol. The van der Waals surface area contributed by atoms with Crippen molar-refractivity contribution in [2.24, 2.45) is 0 Å². The highest BCUT2D eigenvalue weighted by Gasteiger charge is 2.29. The number of ether oxygens (including phenoxy) is 1. The molecule has 22 heavy (non-hydrogen) atoms. The molecule has 114 valence electrons. The smallest absolute Gasteiger partial charge is 0.341 e. The van der Waals surface area contributed by atoms with Crippen LogP contribution in [0.4, 0.5) is 0 Å². The fraction of sp³-hybridized carbons (Fsp3) is 0.294. The number of aromatic nitrogens is 1. The minimum absolute atomic E-state index is 0.383. The van der Waals surface area contributed by atoms with Crippen LogP contribution >= 0.6 is 0 Å². The normalized spacial score (nSPS) is 12.0. The SMILES string of the molecule is COC(=O)c1cc2cccnc2c2c([Si](C)(C)C)c(C)oc12. The van der Waals surface area contributed by atoms with Crippen molar-refractivity contribution in [1.82, 2.24) is 4.98 Å². The minimum atomic E-state index is -1.66. The van der Waals surface area contributed by atoms with E-state index in [0.717, 1.165) is 22.0 Å². The summed E-state index contributed by atoms with van der Waals surface area (Å²) in [7, 11) is -0.275. The Labute approximate surface area is 130 Å². The molecule has 0 fully saturated rings. The molecular formula is C17H19NO3Si. The first-order chi connectivity index (χ1) is 10.3. The van der Waals surface area contributed by atoms with E-state index in [9.17, 15) is 4.79 Å². The van der Waals surface area contributed by atoms with Gasteiger partial charge in [-0.1, -0.05) is 25.7 Å². The van der Waals surface area contributed by atoms with Gasteiger partial charge in [-0.3, -0.25) is 4.98 Å². The highest BCUT2D eigenvalue weighted by molar-refractivity contribution is 6.91. The molecule has 0 amide bonds. The lowest BCUT2D eigenvalue weighted by Gasteiger charge is -2.16. The number of benzene rings is 1. The number of carbonyl (C=O) groups is 1. The van der Waals surface area contributed by atoms with Gasteiger partial charge in [0.2, 0.25) is 0 Å². The number of aryl methyl sites for hydroxylation is 1. The molecule has 5 heteroatoms. The van der Waals surface area contributed by atoms with Crippen molar-refractivity contribution < 1.29 is 13.9 Å². The molecule has 2 heterocycles. The van der Waals surface area contributed by atoms with Crippen LogP contribution in [0.3, 0.4) is 0 Å². The Balaban J connectivity index is 2.57. The molecule has 0 N–H and O–H groups in total. The van der Waals surface area contributed by atoms with Gasteiger partial charge in [0.1, 0.15) is 11.3 Å². The summed E-state index contributed by atoms with van der Waals surface area (Å²) in [4.78, 5) is 16.7. The number of methoxy groups -OCH3 is 1. The molecule has 3 aromatic rings. The van der Waals surface area contributed by atoms with Crippen LogP contribution in [0.2, 0.25) is 19.6 Å². The fourth-order valence-corrected chi connectivity index (χ4v) is 5.18. The number of carbonyl (C=O) groups excluding carboxylic acids is 1. The third kappa shape index (κ3) is 2.13. The first-order valence-corrected chi connectivity index (χ1v) is 10.7. The Morgan fingerprint density at radius 2 is 2.05 bits per heavy atom. The van der Waals surface area contributed by atoms with Crippen molar-refractivity contribution in [3.8, 4) is 0 Å². The van der Waals surface area contributed by atoms with E-state index in [1.54, 1.807) is 12.3 Å². The Morgan fingerprint density at radius 3 is 2.68 bits per heavy atom. The topological polar surface area (TPSA) is 52.3 Å². The van der Waals surface area contributed by atoms with E-state index >= 15 is 0 Å². The predicted octanol–water partition coefficient (Wildman–Crippen LogP) is 3.62. The Morgan fingerprint density at radius 1 is 1.32 bits per heavy atom. The summed E-state index contributed by atoms with van der Waals surface area (Å²) < 4.78 is 10.9. The van der Waals surface area contributed by atoms with Crippen LogP contribution in [0.5, 0.6) is 0 Å². The maximum Gasteiger partial charge on any atom is 0.341 e. The van der Waals surface area contributed by atoms with Gasteiger partial charge in [0.05, 0.1) is 20.7 Å². The summed E-state index contributed by atoms with van der Waals surface area (Å²) in [5.74, 6) is 0.490. The fourth-order valence-electron chi connectivity index (χ4n) is 3.09. The third-order valence-electron chi connectivity index (χ3n) is 3.86.